The topological polar surface area (TPSA) is 603 Å². The predicted octanol–water partition coefficient (Wildman–Crippen LogP) is 3.06. The van der Waals surface area contributed by atoms with Crippen LogP contribution in [0.15, 0.2) is 36.4 Å². The van der Waals surface area contributed by atoms with Gasteiger partial charge in [0, 0.05) is 114 Å². The molecule has 7 N–H and O–H groups in total. The minimum absolute atomic E-state index is 0.000419. The molecule has 0 bridgehead atoms. The molecular weight excluding hydrogens is 1600 g/mol. The lowest BCUT2D eigenvalue weighted by Gasteiger charge is -2.05. The monoisotopic (exact) mass is 1720 g/mol. The predicted molar refractivity (Wildman–Crippen MR) is 404 cm³/mol. The van der Waals surface area contributed by atoms with Gasteiger partial charge in [0.05, 0.1) is 149 Å². The summed E-state index contributed by atoms with van der Waals surface area (Å²) in [6.07, 6.45) is 17.9. The fraction of sp³-hybridized carbons (Fsp3) is 0.767. The van der Waals surface area contributed by atoms with Crippen molar-refractivity contribution in [3.05, 3.63) is 88.0 Å². The fourth-order valence-electron chi connectivity index (χ4n) is 7.39. The van der Waals surface area contributed by atoms with Crippen LogP contribution in [0, 0.1) is 40.5 Å². The van der Waals surface area contributed by atoms with Crippen LogP contribution >= 0.6 is 10.7 Å². The number of ether oxygens (including phenoxy) is 6. The van der Waals surface area contributed by atoms with Crippen molar-refractivity contribution < 1.29 is 136 Å². The summed E-state index contributed by atoms with van der Waals surface area (Å²) in [6, 6.07) is 7.37. The number of hydrogen-bond donors (Lipinski definition) is 7. The average Bonchev–Trinajstić information content (AvgIpc) is 0.847. The number of amides is 2. The van der Waals surface area contributed by atoms with E-state index in [2.05, 4.69) is 43.3 Å². The highest BCUT2D eigenvalue weighted by Crippen LogP contribution is 2.27. The largest absolute Gasteiger partial charge is 0.394 e. The van der Waals surface area contributed by atoms with Gasteiger partial charge in [0.1, 0.15) is 0 Å². The van der Waals surface area contributed by atoms with Gasteiger partial charge in [-0.3, -0.25) is 62.6 Å². The Kier molecular flexibility index (Phi) is 71.0. The van der Waals surface area contributed by atoms with E-state index in [9.17, 15) is 101 Å². The van der Waals surface area contributed by atoms with E-state index in [1.807, 2.05) is 0 Å². The van der Waals surface area contributed by atoms with E-state index in [1.54, 1.807) is 0 Å². The molecule has 0 unspecified atom stereocenters. The van der Waals surface area contributed by atoms with Crippen LogP contribution in [0.3, 0.4) is 0 Å². The molecule has 2 rings (SSSR count). The molecule has 2 aromatic carbocycles. The van der Waals surface area contributed by atoms with Crippen molar-refractivity contribution in [2.75, 3.05) is 183 Å². The number of rotatable bonds is 56. The lowest BCUT2D eigenvalue weighted by atomic mass is 10.0. The molecule has 0 radical (unpaired) electrons. The lowest BCUT2D eigenvalue weighted by Crippen LogP contribution is -2.23. The number of unbranched alkanes of at least 4 members (excludes halogenated alkanes) is 8. The van der Waals surface area contributed by atoms with Crippen molar-refractivity contribution in [3.63, 3.8) is 0 Å². The lowest BCUT2D eigenvalue weighted by molar-refractivity contribution is -0.394. The van der Waals surface area contributed by atoms with Gasteiger partial charge in [0.2, 0.25) is 40.9 Å². The average molecular weight is 1720 g/mol. The number of aliphatic hydroxyl groups excluding tert-OH is 3. The maximum absolute atomic E-state index is 11.0. The van der Waals surface area contributed by atoms with Gasteiger partial charge in [-0.15, -0.1) is 0 Å². The second-order valence-corrected chi connectivity index (χ2v) is 34.2. The van der Waals surface area contributed by atoms with Crippen molar-refractivity contribution in [2.45, 2.75) is 117 Å². The molecule has 2 aromatic rings. The van der Waals surface area contributed by atoms with Gasteiger partial charge in [-0.2, -0.15) is 25.3 Å². The van der Waals surface area contributed by atoms with Crippen LogP contribution < -0.4 is 20.1 Å². The molecule has 0 aliphatic rings. The number of nitro groups is 4. The highest BCUT2D eigenvalue weighted by molar-refractivity contribution is 8.13. The summed E-state index contributed by atoms with van der Waals surface area (Å²) >= 11 is 0. The third-order valence-corrected chi connectivity index (χ3v) is 15.3. The first-order valence-corrected chi connectivity index (χ1v) is 45.6. The van der Waals surface area contributed by atoms with E-state index < -0.39 is 79.1 Å². The Hall–Kier alpha value is -5.59. The standard InChI is InChI=1S/C14H20N2O8S.C13H18N2O6.C9H19NO5S.C8H19NO6S2.C8H17NO3.C7H17NO4S.CH3ClO2S/c1-25(21,22)24-10-9-23-8-4-2-3-5-12-6-7-13(15(17)18)11-14(12)16(19)20;16-7-9-21-8-3-1-2-4-11-5-6-12(14(17)18)10-13(11)15(19)20;1-9(11)10-5-3-4-6-14-7-8-15-16(2,12)13;1-16(10,11)9-5-3-4-6-14-7-8-15-17(2,12)13;1-8(11)9-4-2-3-6-12-7-5-10;1-13(10,11)8-4-2-3-6-12-7-5-9;1-5(2,3)4/h6-7,11H,2-5,8-10H2,1H3;5-6,10,16H,1-4,7-9H2;3-8H2,1-2H3,(H,10,11);9H,3-8H2,1-2H3;10H,2-7H2,1H3,(H,9,11);8-9H,2-7H2,1H3;1H3. The number of nitro benzene ring substituents is 4. The molecule has 0 saturated carbocycles. The van der Waals surface area contributed by atoms with E-state index in [0.717, 1.165) is 114 Å². The summed E-state index contributed by atoms with van der Waals surface area (Å²) in [7, 11) is -15.1. The summed E-state index contributed by atoms with van der Waals surface area (Å²) in [6.45, 7) is 10.1. The molecule has 0 aromatic heterocycles. The van der Waals surface area contributed by atoms with Crippen molar-refractivity contribution in [1.29, 1.82) is 0 Å². The Labute approximate surface area is 644 Å². The van der Waals surface area contributed by atoms with E-state index in [0.29, 0.717) is 135 Å². The number of nitrogens with zero attached hydrogens (tertiary/aromatic N) is 4. The summed E-state index contributed by atoms with van der Waals surface area (Å²) in [4.78, 5) is 61.6. The number of carbonyl (C=O) groups excluding carboxylic acids is 2. The molecule has 0 atom stereocenters. The molecule has 0 fully saturated rings. The maximum atomic E-state index is 11.0. The number of aliphatic hydroxyl groups is 3. The zero-order valence-electron chi connectivity index (χ0n) is 62.9. The minimum Gasteiger partial charge on any atom is -0.394 e. The third-order valence-electron chi connectivity index (χ3n) is 12.0. The summed E-state index contributed by atoms with van der Waals surface area (Å²) < 4.78 is 174. The zero-order valence-corrected chi connectivity index (χ0v) is 68.6. The maximum Gasteiger partial charge on any atom is 0.279 e. The van der Waals surface area contributed by atoms with Gasteiger partial charge in [0.15, 0.2) is 0 Å². The van der Waals surface area contributed by atoms with Crippen LogP contribution in [0.25, 0.3) is 0 Å². The molecule has 0 heterocycles. The Morgan fingerprint density at radius 1 is 0.367 bits per heavy atom. The van der Waals surface area contributed by atoms with Crippen LogP contribution in [0.2, 0.25) is 0 Å². The first kappa shape index (κ1) is 112. The van der Waals surface area contributed by atoms with Crippen LogP contribution in [-0.2, 0) is 123 Å². The highest BCUT2D eigenvalue weighted by atomic mass is 35.7. The zero-order chi connectivity index (χ0) is 84.2. The normalized spacial score (nSPS) is 11.3. The van der Waals surface area contributed by atoms with E-state index in [4.69, 9.17) is 43.7 Å². The Balaban J connectivity index is -0.000000398. The van der Waals surface area contributed by atoms with Crippen molar-refractivity contribution in [3.8, 4) is 0 Å². The number of sulfonamides is 2. The minimum atomic E-state index is -3.45. The number of hydrogen-bond acceptors (Lipinski definition) is 34. The highest BCUT2D eigenvalue weighted by Gasteiger charge is 2.20. The molecule has 2 amide bonds. The molecule has 109 heavy (non-hydrogen) atoms. The Morgan fingerprint density at radius 3 is 0.835 bits per heavy atom. The number of aryl methyl sites for hydroxylation is 2. The smallest absolute Gasteiger partial charge is 0.279 e. The number of benzene rings is 2. The summed E-state index contributed by atoms with van der Waals surface area (Å²) in [5.41, 5.74) is -0.0768. The van der Waals surface area contributed by atoms with Gasteiger partial charge in [-0.05, 0) is 102 Å². The fourth-order valence-corrected chi connectivity index (χ4v) is 9.53. The molecule has 0 aliphatic heterocycles. The Bertz CT molecular complexity index is 3450. The second-order valence-electron chi connectivity index (χ2n) is 22.5. The van der Waals surface area contributed by atoms with Crippen molar-refractivity contribution >= 4 is 105 Å². The van der Waals surface area contributed by atoms with Gasteiger partial charge in [-0.25, -0.2) is 34.7 Å². The van der Waals surface area contributed by atoms with Crippen LogP contribution in [-0.4, -0.2) is 280 Å². The number of halogens is 1. The first-order chi connectivity index (χ1) is 50.7. The van der Waals surface area contributed by atoms with E-state index in [1.165, 1.54) is 38.1 Å². The van der Waals surface area contributed by atoms with Crippen molar-refractivity contribution in [2.24, 2.45) is 0 Å². The molecule has 0 spiro atoms. The molecule has 640 valence electrons. The van der Waals surface area contributed by atoms with Gasteiger partial charge in [-0.1, -0.05) is 12.8 Å². The second kappa shape index (κ2) is 69.2. The molecule has 49 heteroatoms. The van der Waals surface area contributed by atoms with Crippen molar-refractivity contribution in [1.82, 2.24) is 20.1 Å². The number of nitrogens with one attached hydrogen (secondary N) is 4. The third kappa shape index (κ3) is 94.7. The van der Waals surface area contributed by atoms with E-state index >= 15 is 0 Å². The van der Waals surface area contributed by atoms with Crippen LogP contribution in [0.4, 0.5) is 22.7 Å². The van der Waals surface area contributed by atoms with Crippen LogP contribution in [0.1, 0.15) is 115 Å². The molecule has 0 saturated heterocycles. The number of carbonyl (C=O) groups is 2. The van der Waals surface area contributed by atoms with Gasteiger partial charge < -0.3 is 54.4 Å². The molecule has 42 nitrogen and oxygen atoms in total. The van der Waals surface area contributed by atoms with Gasteiger partial charge in [0.25, 0.3) is 53.1 Å². The van der Waals surface area contributed by atoms with Crippen LogP contribution in [0.5, 0.6) is 0 Å². The SMILES string of the molecule is CC(=O)NCCCCOCCO.CC(=O)NCCCCOCCOS(C)(=O)=O.CS(=O)(=O)Cl.CS(=O)(=O)NCCCCOCCO.CS(=O)(=O)NCCCCOCCOS(C)(=O)=O.CS(=O)(=O)OCCOCCCCCc1ccc([N+](=O)[O-])cc1[N+](=O)[O-].O=[N+]([O-])c1ccc(CCCCCOCCO)c([N+](=O)[O-])c1. The summed E-state index contributed by atoms with van der Waals surface area (Å²) in [5.74, 6) is -0.0336. The number of non-ortho nitro benzene ring substituents is 2. The van der Waals surface area contributed by atoms with E-state index in [-0.39, 0.29) is 94.0 Å². The Morgan fingerprint density at radius 2 is 0.615 bits per heavy atom. The molecular formula is C60H113ClN8O34S6. The van der Waals surface area contributed by atoms with Gasteiger partial charge >= 0.3 is 0 Å². The quantitative estimate of drug-likeness (QED) is 0.0164. The first-order valence-electron chi connectivity index (χ1n) is 33.7. The molecule has 0 aliphatic carbocycles. The summed E-state index contributed by atoms with van der Waals surface area (Å²) in [5, 5.41) is 73.9.